The lowest BCUT2D eigenvalue weighted by Gasteiger charge is -2.47. The van der Waals surface area contributed by atoms with Gasteiger partial charge in [-0.05, 0) is 49.7 Å². The van der Waals surface area contributed by atoms with Gasteiger partial charge in [0.15, 0.2) is 0 Å². The zero-order valence-electron chi connectivity index (χ0n) is 20.2. The van der Waals surface area contributed by atoms with Crippen molar-refractivity contribution in [3.8, 4) is 0 Å². The van der Waals surface area contributed by atoms with E-state index in [9.17, 15) is 31.1 Å². The summed E-state index contributed by atoms with van der Waals surface area (Å²) in [4.78, 5) is 19.4. The molecular formula is C26H29F6N3O. The van der Waals surface area contributed by atoms with Gasteiger partial charge in [0.25, 0.3) is 5.91 Å². The van der Waals surface area contributed by atoms with Crippen molar-refractivity contribution >= 4 is 5.91 Å². The molecule has 36 heavy (non-hydrogen) atoms. The molecule has 2 heterocycles. The molecule has 0 spiro atoms. The molecule has 1 amide bonds. The number of nitrogens with zero attached hydrogens (tertiary/aromatic N) is 3. The standard InChI is InChI=1S/C26H29F6N3O/c1-17-5-3-4-6-21(17)22-16-35(8-7-23(22)34-11-9-33(2)10-12-34)24(36)18-13-19(25(27,28)29)15-20(14-18)26(30,31)32/h3-6,13-15,22-23H,7-12,16H2,1-2H3. The van der Waals surface area contributed by atoms with Gasteiger partial charge in [-0.15, -0.1) is 0 Å². The first-order chi connectivity index (χ1) is 16.8. The SMILES string of the molecule is Cc1ccccc1C1CN(C(=O)c2cc(C(F)(F)F)cc(C(F)(F)F)c2)CCC1N1CCN(C)CC1. The summed E-state index contributed by atoms with van der Waals surface area (Å²) in [6, 6.07) is 8.99. The van der Waals surface area contributed by atoms with Gasteiger partial charge in [-0.1, -0.05) is 24.3 Å². The number of alkyl halides is 6. The molecule has 0 aliphatic carbocycles. The van der Waals surface area contributed by atoms with Crippen LogP contribution < -0.4 is 0 Å². The van der Waals surface area contributed by atoms with Crippen LogP contribution in [-0.2, 0) is 12.4 Å². The first-order valence-corrected chi connectivity index (χ1v) is 11.9. The van der Waals surface area contributed by atoms with Crippen molar-refractivity contribution < 1.29 is 31.1 Å². The number of carbonyl (C=O) groups is 1. The fourth-order valence-corrected chi connectivity index (χ4v) is 5.28. The Bertz CT molecular complexity index is 1060. The normalized spacial score (nSPS) is 22.6. The van der Waals surface area contributed by atoms with E-state index in [-0.39, 0.29) is 31.1 Å². The quantitative estimate of drug-likeness (QED) is 0.523. The number of piperidine rings is 1. The topological polar surface area (TPSA) is 26.8 Å². The third-order valence-electron chi connectivity index (χ3n) is 7.29. The molecule has 0 N–H and O–H groups in total. The number of piperazine rings is 1. The van der Waals surface area contributed by atoms with E-state index in [1.807, 2.05) is 31.2 Å². The fraction of sp³-hybridized carbons (Fsp3) is 0.500. The zero-order chi connectivity index (χ0) is 26.3. The molecule has 10 heteroatoms. The van der Waals surface area contributed by atoms with Gasteiger partial charge in [-0.3, -0.25) is 9.69 Å². The van der Waals surface area contributed by atoms with E-state index < -0.39 is 35.0 Å². The number of likely N-dealkylation sites (N-methyl/N-ethyl adjacent to an activating group) is 1. The van der Waals surface area contributed by atoms with E-state index in [0.717, 1.165) is 37.3 Å². The van der Waals surface area contributed by atoms with E-state index in [1.165, 1.54) is 4.90 Å². The molecule has 0 saturated carbocycles. The van der Waals surface area contributed by atoms with Crippen LogP contribution in [0.4, 0.5) is 26.3 Å². The fourth-order valence-electron chi connectivity index (χ4n) is 5.28. The maximum Gasteiger partial charge on any atom is 0.416 e. The molecule has 4 nitrogen and oxygen atoms in total. The Morgan fingerprint density at radius 1 is 0.861 bits per heavy atom. The average Bonchev–Trinajstić information content (AvgIpc) is 2.83. The highest BCUT2D eigenvalue weighted by atomic mass is 19.4. The molecule has 196 valence electrons. The largest absolute Gasteiger partial charge is 0.416 e. The minimum Gasteiger partial charge on any atom is -0.338 e. The monoisotopic (exact) mass is 513 g/mol. The third kappa shape index (κ3) is 5.70. The summed E-state index contributed by atoms with van der Waals surface area (Å²) < 4.78 is 80.1. The van der Waals surface area contributed by atoms with Gasteiger partial charge in [-0.25, -0.2) is 0 Å². The Kier molecular flexibility index (Phi) is 7.39. The lowest BCUT2D eigenvalue weighted by atomic mass is 9.82. The molecule has 0 aromatic heterocycles. The Morgan fingerprint density at radius 2 is 1.44 bits per heavy atom. The summed E-state index contributed by atoms with van der Waals surface area (Å²) in [5, 5.41) is 0. The molecule has 4 rings (SSSR count). The first-order valence-electron chi connectivity index (χ1n) is 11.9. The van der Waals surface area contributed by atoms with E-state index in [0.29, 0.717) is 18.6 Å². The maximum absolute atomic E-state index is 13.4. The van der Waals surface area contributed by atoms with Crippen molar-refractivity contribution in [1.82, 2.24) is 14.7 Å². The molecule has 0 radical (unpaired) electrons. The Morgan fingerprint density at radius 3 is 2.00 bits per heavy atom. The molecule has 2 aliphatic heterocycles. The van der Waals surface area contributed by atoms with E-state index in [4.69, 9.17) is 0 Å². The van der Waals surface area contributed by atoms with Crippen molar-refractivity contribution in [2.45, 2.75) is 37.7 Å². The van der Waals surface area contributed by atoms with Crippen molar-refractivity contribution in [2.75, 3.05) is 46.3 Å². The predicted octanol–water partition coefficient (Wildman–Crippen LogP) is 5.28. The average molecular weight is 514 g/mol. The van der Waals surface area contributed by atoms with Gasteiger partial charge in [0.2, 0.25) is 0 Å². The second-order valence-corrected chi connectivity index (χ2v) is 9.70. The Balaban J connectivity index is 1.66. The zero-order valence-corrected chi connectivity index (χ0v) is 20.2. The molecule has 0 bridgehead atoms. The van der Waals surface area contributed by atoms with Crippen molar-refractivity contribution in [2.24, 2.45) is 0 Å². The number of likely N-dealkylation sites (tertiary alicyclic amines) is 1. The smallest absolute Gasteiger partial charge is 0.338 e. The highest BCUT2D eigenvalue weighted by molar-refractivity contribution is 5.95. The molecule has 2 unspecified atom stereocenters. The highest BCUT2D eigenvalue weighted by Crippen LogP contribution is 2.38. The molecule has 2 aromatic rings. The molecule has 2 aliphatic rings. The summed E-state index contributed by atoms with van der Waals surface area (Å²) in [6.45, 7) is 5.99. The summed E-state index contributed by atoms with van der Waals surface area (Å²) >= 11 is 0. The number of hydrogen-bond acceptors (Lipinski definition) is 3. The summed E-state index contributed by atoms with van der Waals surface area (Å²) in [5.74, 6) is -0.929. The molecule has 2 aromatic carbocycles. The molecular weight excluding hydrogens is 484 g/mol. The van der Waals surface area contributed by atoms with Crippen LogP contribution in [0.5, 0.6) is 0 Å². The Labute approximate surface area is 206 Å². The highest BCUT2D eigenvalue weighted by Gasteiger charge is 2.40. The van der Waals surface area contributed by atoms with Gasteiger partial charge >= 0.3 is 12.4 Å². The first kappa shape index (κ1) is 26.5. The maximum atomic E-state index is 13.4. The van der Waals surface area contributed by atoms with Crippen LogP contribution in [-0.4, -0.2) is 73.0 Å². The van der Waals surface area contributed by atoms with Crippen LogP contribution in [0.1, 0.15) is 45.0 Å². The van der Waals surface area contributed by atoms with E-state index in [1.54, 1.807) is 0 Å². The van der Waals surface area contributed by atoms with Crippen LogP contribution >= 0.6 is 0 Å². The number of hydrogen-bond donors (Lipinski definition) is 0. The van der Waals surface area contributed by atoms with Gasteiger partial charge in [-0.2, -0.15) is 26.3 Å². The van der Waals surface area contributed by atoms with Crippen LogP contribution in [0.3, 0.4) is 0 Å². The number of aryl methyl sites for hydroxylation is 1. The molecule has 2 fully saturated rings. The lowest BCUT2D eigenvalue weighted by Crippen LogP contribution is -2.56. The number of carbonyl (C=O) groups excluding carboxylic acids is 1. The van der Waals surface area contributed by atoms with Gasteiger partial charge in [0, 0.05) is 56.8 Å². The summed E-state index contributed by atoms with van der Waals surface area (Å²) in [7, 11) is 2.06. The Hall–Kier alpha value is -2.59. The van der Waals surface area contributed by atoms with E-state index >= 15 is 0 Å². The summed E-state index contributed by atoms with van der Waals surface area (Å²) in [5.41, 5.74) is -1.49. The predicted molar refractivity (Wildman–Crippen MR) is 124 cm³/mol. The van der Waals surface area contributed by atoms with Crippen LogP contribution in [0.2, 0.25) is 0 Å². The second kappa shape index (κ2) is 10.0. The van der Waals surface area contributed by atoms with Crippen LogP contribution in [0, 0.1) is 6.92 Å². The van der Waals surface area contributed by atoms with Crippen LogP contribution in [0.25, 0.3) is 0 Å². The molecule has 2 saturated heterocycles. The number of rotatable bonds is 3. The van der Waals surface area contributed by atoms with Crippen molar-refractivity contribution in [1.29, 1.82) is 0 Å². The number of benzene rings is 2. The lowest BCUT2D eigenvalue weighted by molar-refractivity contribution is -0.143. The van der Waals surface area contributed by atoms with Gasteiger partial charge < -0.3 is 9.80 Å². The van der Waals surface area contributed by atoms with Gasteiger partial charge in [0.05, 0.1) is 11.1 Å². The third-order valence-corrected chi connectivity index (χ3v) is 7.29. The second-order valence-electron chi connectivity index (χ2n) is 9.70. The number of amides is 1. The minimum atomic E-state index is -5.01. The van der Waals surface area contributed by atoms with Crippen LogP contribution in [0.15, 0.2) is 42.5 Å². The van der Waals surface area contributed by atoms with Gasteiger partial charge in [0.1, 0.15) is 0 Å². The van der Waals surface area contributed by atoms with Crippen molar-refractivity contribution in [3.63, 3.8) is 0 Å². The molecule has 2 atom stereocenters. The minimum absolute atomic E-state index is 0.0481. The van der Waals surface area contributed by atoms with Crippen molar-refractivity contribution in [3.05, 3.63) is 70.3 Å². The summed E-state index contributed by atoms with van der Waals surface area (Å²) in [6.07, 6.45) is -9.43. The van der Waals surface area contributed by atoms with E-state index in [2.05, 4.69) is 16.8 Å². The number of halogens is 6.